The summed E-state index contributed by atoms with van der Waals surface area (Å²) in [5.41, 5.74) is 2.74. The second kappa shape index (κ2) is 3.70. The van der Waals surface area contributed by atoms with Crippen LogP contribution in [0.15, 0.2) is 48.7 Å². The maximum absolute atomic E-state index is 2.22. The lowest BCUT2D eigenvalue weighted by atomic mass is 9.99. The summed E-state index contributed by atoms with van der Waals surface area (Å²) in [4.78, 5) is 2.22. The molecular formula is C13H15N. The van der Waals surface area contributed by atoms with Gasteiger partial charge in [-0.05, 0) is 30.3 Å². The van der Waals surface area contributed by atoms with Gasteiger partial charge < -0.3 is 4.90 Å². The Balaban J connectivity index is 2.36. The number of hydrogen-bond donors (Lipinski definition) is 0. The van der Waals surface area contributed by atoms with Gasteiger partial charge in [-0.15, -0.1) is 0 Å². The number of benzene rings is 1. The molecule has 0 saturated heterocycles. The van der Waals surface area contributed by atoms with E-state index in [9.17, 15) is 0 Å². The van der Waals surface area contributed by atoms with Crippen molar-refractivity contribution in [1.29, 1.82) is 0 Å². The zero-order chi connectivity index (χ0) is 9.97. The molecule has 0 spiro atoms. The smallest absolute Gasteiger partial charge is 0.0723 e. The first-order chi connectivity index (χ1) is 6.79. The first-order valence-corrected chi connectivity index (χ1v) is 4.91. The zero-order valence-corrected chi connectivity index (χ0v) is 8.64. The molecule has 0 fully saturated rings. The van der Waals surface area contributed by atoms with Crippen LogP contribution in [0.1, 0.15) is 17.2 Å². The molecule has 72 valence electrons. The van der Waals surface area contributed by atoms with Crippen LogP contribution in [0.3, 0.4) is 0 Å². The lowest BCUT2D eigenvalue weighted by Crippen LogP contribution is -2.19. The van der Waals surface area contributed by atoms with Crippen LogP contribution in [-0.4, -0.2) is 11.9 Å². The van der Waals surface area contributed by atoms with Crippen molar-refractivity contribution in [2.75, 3.05) is 7.05 Å². The summed E-state index contributed by atoms with van der Waals surface area (Å²) in [6.45, 7) is 2.16. The van der Waals surface area contributed by atoms with Gasteiger partial charge in [0.05, 0.1) is 6.04 Å². The molecule has 0 amide bonds. The van der Waals surface area contributed by atoms with E-state index in [0.717, 1.165) is 0 Å². The molecule has 0 saturated carbocycles. The molecular weight excluding hydrogens is 170 g/mol. The van der Waals surface area contributed by atoms with Crippen molar-refractivity contribution in [3.63, 3.8) is 0 Å². The minimum absolute atomic E-state index is 0.390. The van der Waals surface area contributed by atoms with Gasteiger partial charge in [-0.3, -0.25) is 0 Å². The summed E-state index contributed by atoms with van der Waals surface area (Å²) in [5.74, 6) is 0. The van der Waals surface area contributed by atoms with Gasteiger partial charge >= 0.3 is 0 Å². The molecule has 1 aliphatic heterocycles. The predicted molar refractivity (Wildman–Crippen MR) is 60.0 cm³/mol. The monoisotopic (exact) mass is 185 g/mol. The number of aryl methyl sites for hydroxylation is 1. The van der Waals surface area contributed by atoms with Crippen LogP contribution in [0, 0.1) is 6.92 Å². The number of allylic oxidation sites excluding steroid dienone is 2. The van der Waals surface area contributed by atoms with Crippen LogP contribution in [0.25, 0.3) is 0 Å². The van der Waals surface area contributed by atoms with Gasteiger partial charge in [-0.25, -0.2) is 0 Å². The van der Waals surface area contributed by atoms with E-state index in [1.165, 1.54) is 11.1 Å². The maximum Gasteiger partial charge on any atom is 0.0723 e. The molecule has 0 radical (unpaired) electrons. The molecule has 1 aliphatic rings. The standard InChI is InChI=1S/C13H15N/c1-11-7-3-4-8-12(11)13-9-5-6-10-14(13)2/h3-10,13H,1-2H3. The van der Waals surface area contributed by atoms with E-state index in [4.69, 9.17) is 0 Å². The van der Waals surface area contributed by atoms with Crippen LogP contribution < -0.4 is 0 Å². The van der Waals surface area contributed by atoms with Crippen LogP contribution in [0.2, 0.25) is 0 Å². The third-order valence-corrected chi connectivity index (χ3v) is 2.67. The molecule has 1 heteroatoms. The normalized spacial score (nSPS) is 20.1. The summed E-state index contributed by atoms with van der Waals surface area (Å²) in [6, 6.07) is 8.93. The number of nitrogens with zero attached hydrogens (tertiary/aromatic N) is 1. The Morgan fingerprint density at radius 2 is 1.93 bits per heavy atom. The number of rotatable bonds is 1. The quantitative estimate of drug-likeness (QED) is 0.650. The Labute approximate surface area is 85.4 Å². The third kappa shape index (κ3) is 1.58. The summed E-state index contributed by atoms with van der Waals surface area (Å²) >= 11 is 0. The number of likely N-dealkylation sites (N-methyl/N-ethyl adjacent to an activating group) is 1. The zero-order valence-electron chi connectivity index (χ0n) is 8.64. The minimum Gasteiger partial charge on any atom is -0.370 e. The molecule has 1 unspecified atom stereocenters. The molecule has 0 aliphatic carbocycles. The summed E-state index contributed by atoms with van der Waals surface area (Å²) in [7, 11) is 2.11. The Hall–Kier alpha value is -1.50. The second-order valence-corrected chi connectivity index (χ2v) is 3.69. The summed E-state index contributed by atoms with van der Waals surface area (Å²) < 4.78 is 0. The van der Waals surface area contributed by atoms with Gasteiger partial charge in [0.1, 0.15) is 0 Å². The van der Waals surface area contributed by atoms with Crippen molar-refractivity contribution < 1.29 is 0 Å². The Morgan fingerprint density at radius 1 is 1.14 bits per heavy atom. The van der Waals surface area contributed by atoms with Crippen molar-refractivity contribution in [1.82, 2.24) is 4.90 Å². The molecule has 0 bridgehead atoms. The second-order valence-electron chi connectivity index (χ2n) is 3.69. The van der Waals surface area contributed by atoms with Gasteiger partial charge in [-0.1, -0.05) is 36.4 Å². The van der Waals surface area contributed by atoms with Crippen molar-refractivity contribution in [2.45, 2.75) is 13.0 Å². The molecule has 1 nitrogen and oxygen atoms in total. The largest absolute Gasteiger partial charge is 0.370 e. The van der Waals surface area contributed by atoms with Crippen molar-refractivity contribution in [2.24, 2.45) is 0 Å². The molecule has 2 rings (SSSR count). The van der Waals surface area contributed by atoms with Gasteiger partial charge in [0.2, 0.25) is 0 Å². The lowest BCUT2D eigenvalue weighted by molar-refractivity contribution is 0.388. The maximum atomic E-state index is 2.22. The summed E-state index contributed by atoms with van der Waals surface area (Å²) in [6.07, 6.45) is 8.51. The molecule has 14 heavy (non-hydrogen) atoms. The fraction of sp³-hybridized carbons (Fsp3) is 0.231. The first kappa shape index (κ1) is 9.07. The Kier molecular flexibility index (Phi) is 2.40. The SMILES string of the molecule is Cc1ccccc1C1C=CC=CN1C. The van der Waals surface area contributed by atoms with Crippen molar-refractivity contribution in [3.05, 3.63) is 59.8 Å². The van der Waals surface area contributed by atoms with Gasteiger partial charge in [0, 0.05) is 7.05 Å². The van der Waals surface area contributed by atoms with E-state index in [-0.39, 0.29) is 0 Å². The Morgan fingerprint density at radius 3 is 2.64 bits per heavy atom. The molecule has 1 heterocycles. The lowest BCUT2D eigenvalue weighted by Gasteiger charge is -2.27. The molecule has 1 atom stereocenters. The minimum atomic E-state index is 0.390. The third-order valence-electron chi connectivity index (χ3n) is 2.67. The van der Waals surface area contributed by atoms with E-state index in [2.05, 4.69) is 67.6 Å². The van der Waals surface area contributed by atoms with E-state index >= 15 is 0 Å². The molecule has 0 N–H and O–H groups in total. The van der Waals surface area contributed by atoms with Crippen LogP contribution in [0.5, 0.6) is 0 Å². The van der Waals surface area contributed by atoms with Crippen LogP contribution in [-0.2, 0) is 0 Å². The average Bonchev–Trinajstić information content (AvgIpc) is 2.20. The van der Waals surface area contributed by atoms with E-state index in [0.29, 0.717) is 6.04 Å². The molecule has 0 aromatic heterocycles. The molecule has 1 aromatic rings. The van der Waals surface area contributed by atoms with Crippen molar-refractivity contribution in [3.8, 4) is 0 Å². The van der Waals surface area contributed by atoms with Crippen molar-refractivity contribution >= 4 is 0 Å². The van der Waals surface area contributed by atoms with Gasteiger partial charge in [-0.2, -0.15) is 0 Å². The van der Waals surface area contributed by atoms with E-state index in [1.54, 1.807) is 0 Å². The fourth-order valence-corrected chi connectivity index (χ4v) is 1.83. The van der Waals surface area contributed by atoms with E-state index in [1.807, 2.05) is 0 Å². The highest BCUT2D eigenvalue weighted by Crippen LogP contribution is 2.26. The van der Waals surface area contributed by atoms with Crippen LogP contribution in [0.4, 0.5) is 0 Å². The van der Waals surface area contributed by atoms with Gasteiger partial charge in [0.15, 0.2) is 0 Å². The highest BCUT2D eigenvalue weighted by atomic mass is 15.1. The van der Waals surface area contributed by atoms with E-state index < -0.39 is 0 Å². The van der Waals surface area contributed by atoms with Crippen LogP contribution >= 0.6 is 0 Å². The molecule has 1 aromatic carbocycles. The Bertz CT molecular complexity index is 377. The predicted octanol–water partition coefficient (Wildman–Crippen LogP) is 3.05. The number of hydrogen-bond acceptors (Lipinski definition) is 1. The highest BCUT2D eigenvalue weighted by Gasteiger charge is 2.14. The summed E-state index contributed by atoms with van der Waals surface area (Å²) in [5, 5.41) is 0. The highest BCUT2D eigenvalue weighted by molar-refractivity contribution is 5.33. The average molecular weight is 185 g/mol. The fourth-order valence-electron chi connectivity index (χ4n) is 1.83. The topological polar surface area (TPSA) is 3.24 Å². The van der Waals surface area contributed by atoms with Gasteiger partial charge in [0.25, 0.3) is 0 Å². The first-order valence-electron chi connectivity index (χ1n) is 4.91.